The van der Waals surface area contributed by atoms with Crippen molar-refractivity contribution in [3.8, 4) is 0 Å². The van der Waals surface area contributed by atoms with Crippen LogP contribution in [-0.4, -0.2) is 31.4 Å². The summed E-state index contributed by atoms with van der Waals surface area (Å²) in [5.74, 6) is 0.454. The molecule has 0 aromatic carbocycles. The lowest BCUT2D eigenvalue weighted by molar-refractivity contribution is 0.282. The smallest absolute Gasteiger partial charge is 0.290 e. The number of aromatic amines is 1. The monoisotopic (exact) mass is 423 g/mol. The van der Waals surface area contributed by atoms with Gasteiger partial charge in [-0.25, -0.2) is 4.98 Å². The normalized spacial score (nSPS) is 12.3. The van der Waals surface area contributed by atoms with Crippen molar-refractivity contribution in [1.82, 2.24) is 9.97 Å². The third-order valence-corrected chi connectivity index (χ3v) is 10.5. The average Bonchev–Trinajstić information content (AvgIpc) is 2.65. The highest BCUT2D eigenvalue weighted by molar-refractivity contribution is 6.74. The molecule has 0 aliphatic carbocycles. The van der Waals surface area contributed by atoms with E-state index in [1.807, 2.05) is 0 Å². The van der Waals surface area contributed by atoms with Gasteiger partial charge in [-0.05, 0) is 37.4 Å². The first-order valence-electron chi connectivity index (χ1n) is 11.6. The zero-order chi connectivity index (χ0) is 21.8. The summed E-state index contributed by atoms with van der Waals surface area (Å²) < 4.78 is 6.23. The van der Waals surface area contributed by atoms with Crippen LogP contribution < -0.4 is 10.9 Å². The van der Waals surface area contributed by atoms with Crippen LogP contribution in [0.15, 0.2) is 11.0 Å². The standard InChI is InChI=1S/C23H45N3O2Si/c1-7-8-9-10-11-12-13-14-17-24-21-22(27)25-19-20(26-21)16-15-18-28-29(5,6)23(2,3)4/h19H,7-18H2,1-6H3,(H,24,26)(H,25,27). The molecule has 1 aromatic heterocycles. The largest absolute Gasteiger partial charge is 0.417 e. The third kappa shape index (κ3) is 10.4. The lowest BCUT2D eigenvalue weighted by Gasteiger charge is -2.36. The van der Waals surface area contributed by atoms with E-state index in [9.17, 15) is 4.79 Å². The maximum atomic E-state index is 12.0. The summed E-state index contributed by atoms with van der Waals surface area (Å²) in [4.78, 5) is 19.4. The Morgan fingerprint density at radius 2 is 1.66 bits per heavy atom. The van der Waals surface area contributed by atoms with Gasteiger partial charge in [-0.2, -0.15) is 0 Å². The minimum Gasteiger partial charge on any atom is -0.417 e. The van der Waals surface area contributed by atoms with E-state index in [2.05, 4.69) is 56.1 Å². The van der Waals surface area contributed by atoms with Crippen molar-refractivity contribution < 1.29 is 4.43 Å². The molecule has 0 bridgehead atoms. The van der Waals surface area contributed by atoms with Gasteiger partial charge in [-0.1, -0.05) is 72.6 Å². The number of H-pyrrole nitrogens is 1. The van der Waals surface area contributed by atoms with E-state index in [0.29, 0.717) is 5.82 Å². The van der Waals surface area contributed by atoms with E-state index in [-0.39, 0.29) is 10.6 Å². The van der Waals surface area contributed by atoms with Crippen molar-refractivity contribution in [3.05, 3.63) is 22.2 Å². The summed E-state index contributed by atoms with van der Waals surface area (Å²) in [6, 6.07) is 0. The van der Waals surface area contributed by atoms with Crippen LogP contribution in [0.25, 0.3) is 0 Å². The van der Waals surface area contributed by atoms with Gasteiger partial charge in [0.05, 0.1) is 5.69 Å². The van der Waals surface area contributed by atoms with E-state index in [1.165, 1.54) is 44.9 Å². The Kier molecular flexibility index (Phi) is 11.8. The highest BCUT2D eigenvalue weighted by Crippen LogP contribution is 2.36. The lowest BCUT2D eigenvalue weighted by atomic mass is 10.1. The molecule has 168 valence electrons. The molecule has 0 spiro atoms. The van der Waals surface area contributed by atoms with Crippen molar-refractivity contribution >= 4 is 14.1 Å². The summed E-state index contributed by atoms with van der Waals surface area (Å²) in [5.41, 5.74) is 0.785. The van der Waals surface area contributed by atoms with Crippen LogP contribution in [0.3, 0.4) is 0 Å². The number of unbranched alkanes of at least 4 members (excludes halogenated alkanes) is 7. The van der Waals surface area contributed by atoms with Gasteiger partial charge in [-0.15, -0.1) is 0 Å². The molecule has 0 saturated carbocycles. The Hall–Kier alpha value is -1.14. The Bertz CT molecular complexity index is 623. The van der Waals surface area contributed by atoms with Crippen molar-refractivity contribution in [1.29, 1.82) is 0 Å². The molecule has 0 saturated heterocycles. The van der Waals surface area contributed by atoms with Gasteiger partial charge in [0, 0.05) is 19.3 Å². The summed E-state index contributed by atoms with van der Waals surface area (Å²) in [6.07, 6.45) is 13.7. The molecule has 0 amide bonds. The first kappa shape index (κ1) is 25.9. The molecule has 0 radical (unpaired) electrons. The SMILES string of the molecule is CCCCCCCCCCNc1nc(CCCO[Si](C)(C)C(C)(C)C)c[nH]c1=O. The number of hydrogen-bond acceptors (Lipinski definition) is 4. The Balaban J connectivity index is 2.29. The Labute approximate surface area is 179 Å². The van der Waals surface area contributed by atoms with E-state index >= 15 is 0 Å². The fourth-order valence-electron chi connectivity index (χ4n) is 2.95. The molecule has 0 fully saturated rings. The number of nitrogens with one attached hydrogen (secondary N) is 2. The molecular formula is C23H45N3O2Si. The van der Waals surface area contributed by atoms with Crippen LogP contribution in [0.5, 0.6) is 0 Å². The first-order chi connectivity index (χ1) is 13.7. The molecule has 1 rings (SSSR count). The molecule has 0 unspecified atom stereocenters. The minimum absolute atomic E-state index is 0.133. The molecule has 0 aliphatic heterocycles. The predicted octanol–water partition coefficient (Wildman–Crippen LogP) is 6.28. The number of aromatic nitrogens is 2. The fourth-order valence-corrected chi connectivity index (χ4v) is 4.04. The minimum atomic E-state index is -1.69. The van der Waals surface area contributed by atoms with Crippen molar-refractivity contribution in [2.75, 3.05) is 18.5 Å². The second-order valence-electron chi connectivity index (χ2n) is 9.68. The molecule has 0 aliphatic rings. The molecule has 6 heteroatoms. The summed E-state index contributed by atoms with van der Waals surface area (Å²) in [7, 11) is -1.69. The molecular weight excluding hydrogens is 378 g/mol. The molecule has 29 heavy (non-hydrogen) atoms. The number of anilines is 1. The Morgan fingerprint density at radius 1 is 1.03 bits per heavy atom. The highest BCUT2D eigenvalue weighted by Gasteiger charge is 2.36. The van der Waals surface area contributed by atoms with Crippen LogP contribution in [0.2, 0.25) is 18.1 Å². The zero-order valence-electron chi connectivity index (χ0n) is 19.8. The summed E-state index contributed by atoms with van der Waals surface area (Å²) in [6.45, 7) is 15.1. The van der Waals surface area contributed by atoms with Gasteiger partial charge >= 0.3 is 0 Å². The summed E-state index contributed by atoms with van der Waals surface area (Å²) >= 11 is 0. The fraction of sp³-hybridized carbons (Fsp3) is 0.826. The van der Waals surface area contributed by atoms with E-state index in [1.54, 1.807) is 6.20 Å². The molecule has 2 N–H and O–H groups in total. The van der Waals surface area contributed by atoms with E-state index in [0.717, 1.165) is 38.1 Å². The maximum absolute atomic E-state index is 12.0. The van der Waals surface area contributed by atoms with Crippen LogP contribution >= 0.6 is 0 Å². The van der Waals surface area contributed by atoms with Gasteiger partial charge in [0.25, 0.3) is 5.56 Å². The number of rotatable bonds is 15. The molecule has 0 atom stereocenters. The number of nitrogens with zero attached hydrogens (tertiary/aromatic N) is 1. The van der Waals surface area contributed by atoms with Crippen LogP contribution in [0.4, 0.5) is 5.82 Å². The van der Waals surface area contributed by atoms with Crippen molar-refractivity contribution in [3.63, 3.8) is 0 Å². The third-order valence-electron chi connectivity index (χ3n) is 6.01. The first-order valence-corrected chi connectivity index (χ1v) is 14.5. The van der Waals surface area contributed by atoms with Gasteiger partial charge in [-0.3, -0.25) is 4.79 Å². The summed E-state index contributed by atoms with van der Waals surface area (Å²) in [5, 5.41) is 3.45. The van der Waals surface area contributed by atoms with Crippen molar-refractivity contribution in [2.24, 2.45) is 0 Å². The quantitative estimate of drug-likeness (QED) is 0.257. The zero-order valence-corrected chi connectivity index (χ0v) is 20.8. The van der Waals surface area contributed by atoms with Crippen LogP contribution in [-0.2, 0) is 10.8 Å². The van der Waals surface area contributed by atoms with Gasteiger partial charge < -0.3 is 14.7 Å². The molecule has 5 nitrogen and oxygen atoms in total. The van der Waals surface area contributed by atoms with E-state index in [4.69, 9.17) is 4.43 Å². The van der Waals surface area contributed by atoms with Crippen molar-refractivity contribution in [2.45, 2.75) is 110 Å². The highest BCUT2D eigenvalue weighted by atomic mass is 28.4. The van der Waals surface area contributed by atoms with Crippen LogP contribution in [0.1, 0.15) is 91.2 Å². The van der Waals surface area contributed by atoms with E-state index < -0.39 is 8.32 Å². The topological polar surface area (TPSA) is 67.0 Å². The predicted molar refractivity (Wildman–Crippen MR) is 127 cm³/mol. The second kappa shape index (κ2) is 13.2. The van der Waals surface area contributed by atoms with Gasteiger partial charge in [0.1, 0.15) is 0 Å². The van der Waals surface area contributed by atoms with Crippen LogP contribution in [0, 0.1) is 0 Å². The lowest BCUT2D eigenvalue weighted by Crippen LogP contribution is -2.41. The Morgan fingerprint density at radius 3 is 2.28 bits per heavy atom. The van der Waals surface area contributed by atoms with Gasteiger partial charge in [0.15, 0.2) is 14.1 Å². The maximum Gasteiger partial charge on any atom is 0.290 e. The molecule has 1 heterocycles. The number of aryl methyl sites for hydroxylation is 1. The molecule has 1 aromatic rings. The second-order valence-corrected chi connectivity index (χ2v) is 14.5. The average molecular weight is 424 g/mol. The number of hydrogen-bond donors (Lipinski definition) is 2. The van der Waals surface area contributed by atoms with Gasteiger partial charge in [0.2, 0.25) is 0 Å².